The molecule has 0 unspecified atom stereocenters. The number of hydrogen-bond donors (Lipinski definition) is 1. The van der Waals surface area contributed by atoms with Crippen LogP contribution in [0.4, 0.5) is 5.69 Å². The van der Waals surface area contributed by atoms with Crippen molar-refractivity contribution in [2.45, 2.75) is 18.2 Å². The molecule has 0 heterocycles. The Bertz CT molecular complexity index is 1010. The van der Waals surface area contributed by atoms with Gasteiger partial charge in [0.2, 0.25) is 5.91 Å². The van der Waals surface area contributed by atoms with Crippen LogP contribution in [0.2, 0.25) is 0 Å². The smallest absolute Gasteiger partial charge is 0.225 e. The Morgan fingerprint density at radius 3 is 2.04 bits per heavy atom. The first kappa shape index (κ1) is 18.9. The van der Waals surface area contributed by atoms with Crippen molar-refractivity contribution < 1.29 is 13.2 Å². The summed E-state index contributed by atoms with van der Waals surface area (Å²) in [6, 6.07) is 24.1. The van der Waals surface area contributed by atoms with Gasteiger partial charge < -0.3 is 5.32 Å². The molecule has 1 N–H and O–H groups in total. The number of benzene rings is 3. The van der Waals surface area contributed by atoms with E-state index in [1.807, 2.05) is 61.5 Å². The van der Waals surface area contributed by atoms with Crippen LogP contribution in [0.3, 0.4) is 0 Å². The lowest BCUT2D eigenvalue weighted by Gasteiger charge is -2.08. The summed E-state index contributed by atoms with van der Waals surface area (Å²) in [4.78, 5) is 12.4. The van der Waals surface area contributed by atoms with E-state index < -0.39 is 9.84 Å². The number of hydrogen-bond acceptors (Lipinski definition) is 3. The minimum Gasteiger partial charge on any atom is -0.326 e. The van der Waals surface area contributed by atoms with Crippen molar-refractivity contribution in [2.75, 3.05) is 11.1 Å². The van der Waals surface area contributed by atoms with Crippen LogP contribution in [0.25, 0.3) is 11.1 Å². The van der Waals surface area contributed by atoms with Crippen LogP contribution in [0.1, 0.15) is 12.0 Å². The molecule has 0 aliphatic carbocycles. The van der Waals surface area contributed by atoms with Gasteiger partial charge in [-0.3, -0.25) is 4.79 Å². The number of carbonyl (C=O) groups is 1. The second-order valence-corrected chi connectivity index (χ2v) is 8.48. The fraction of sp³-hybridized carbons (Fsp3) is 0.136. The molecule has 0 saturated carbocycles. The molecule has 0 spiro atoms. The van der Waals surface area contributed by atoms with Crippen LogP contribution in [0.15, 0.2) is 83.8 Å². The third-order valence-electron chi connectivity index (χ3n) is 4.25. The van der Waals surface area contributed by atoms with E-state index in [0.717, 1.165) is 16.7 Å². The van der Waals surface area contributed by atoms with Crippen LogP contribution in [0.5, 0.6) is 0 Å². The normalized spacial score (nSPS) is 11.1. The van der Waals surface area contributed by atoms with Gasteiger partial charge in [0.1, 0.15) is 0 Å². The quantitative estimate of drug-likeness (QED) is 0.687. The van der Waals surface area contributed by atoms with E-state index >= 15 is 0 Å². The van der Waals surface area contributed by atoms with Gasteiger partial charge in [-0.25, -0.2) is 8.42 Å². The molecule has 0 fully saturated rings. The summed E-state index contributed by atoms with van der Waals surface area (Å²) < 4.78 is 24.6. The molecule has 4 nitrogen and oxygen atoms in total. The van der Waals surface area contributed by atoms with E-state index in [1.54, 1.807) is 24.3 Å². The third-order valence-corrected chi connectivity index (χ3v) is 5.99. The molecule has 0 bridgehead atoms. The van der Waals surface area contributed by atoms with Gasteiger partial charge in [-0.15, -0.1) is 0 Å². The maximum atomic E-state index is 12.3. The fourth-order valence-corrected chi connectivity index (χ4v) is 3.93. The summed E-state index contributed by atoms with van der Waals surface area (Å²) in [6.07, 6.45) is -0.0867. The molecular weight excluding hydrogens is 358 g/mol. The zero-order valence-corrected chi connectivity index (χ0v) is 15.9. The molecule has 3 rings (SSSR count). The Hall–Kier alpha value is -2.92. The van der Waals surface area contributed by atoms with Crippen molar-refractivity contribution in [1.82, 2.24) is 0 Å². The number of rotatable bonds is 6. The molecule has 0 saturated heterocycles. The zero-order chi connectivity index (χ0) is 19.3. The van der Waals surface area contributed by atoms with Gasteiger partial charge in [0.25, 0.3) is 0 Å². The lowest BCUT2D eigenvalue weighted by Crippen LogP contribution is -2.17. The van der Waals surface area contributed by atoms with Crippen molar-refractivity contribution in [3.05, 3.63) is 84.4 Å². The first-order chi connectivity index (χ1) is 12.9. The van der Waals surface area contributed by atoms with Gasteiger partial charge >= 0.3 is 0 Å². The molecule has 3 aromatic carbocycles. The van der Waals surface area contributed by atoms with Crippen molar-refractivity contribution in [3.63, 3.8) is 0 Å². The molecule has 1 amide bonds. The van der Waals surface area contributed by atoms with Crippen LogP contribution in [-0.2, 0) is 14.6 Å². The topological polar surface area (TPSA) is 63.2 Å². The summed E-state index contributed by atoms with van der Waals surface area (Å²) in [5.41, 5.74) is 3.79. The number of amides is 1. The molecule has 0 aliphatic heterocycles. The highest BCUT2D eigenvalue weighted by Gasteiger charge is 2.16. The van der Waals surface area contributed by atoms with Gasteiger partial charge in [0, 0.05) is 12.1 Å². The van der Waals surface area contributed by atoms with Crippen molar-refractivity contribution in [2.24, 2.45) is 0 Å². The molecule has 27 heavy (non-hydrogen) atoms. The average Bonchev–Trinajstić information content (AvgIpc) is 2.68. The highest BCUT2D eigenvalue weighted by molar-refractivity contribution is 7.91. The summed E-state index contributed by atoms with van der Waals surface area (Å²) in [5, 5.41) is 2.75. The second-order valence-electron chi connectivity index (χ2n) is 6.37. The SMILES string of the molecule is Cc1ccc(S(=O)(=O)CCC(=O)Nc2ccc(-c3ccccc3)cc2)cc1. The number of carbonyl (C=O) groups excluding carboxylic acids is 1. The third kappa shape index (κ3) is 5.05. The predicted octanol–water partition coefficient (Wildman–Crippen LogP) is 4.46. The van der Waals surface area contributed by atoms with Crippen molar-refractivity contribution >= 4 is 21.4 Å². The van der Waals surface area contributed by atoms with Gasteiger partial charge in [-0.1, -0.05) is 60.2 Å². The highest BCUT2D eigenvalue weighted by atomic mass is 32.2. The minimum atomic E-state index is -3.47. The average molecular weight is 379 g/mol. The van der Waals surface area contributed by atoms with E-state index in [0.29, 0.717) is 5.69 Å². The van der Waals surface area contributed by atoms with Gasteiger partial charge in [-0.2, -0.15) is 0 Å². The Balaban J connectivity index is 1.58. The molecule has 5 heteroatoms. The number of anilines is 1. The van der Waals surface area contributed by atoms with Gasteiger partial charge in [-0.05, 0) is 42.3 Å². The fourth-order valence-electron chi connectivity index (χ4n) is 2.69. The standard InChI is InChI=1S/C22H21NO3S/c1-17-7-13-21(14-8-17)27(25,26)16-15-22(24)23-20-11-9-19(10-12-20)18-5-3-2-4-6-18/h2-14H,15-16H2,1H3,(H,23,24). The van der Waals surface area contributed by atoms with Crippen molar-refractivity contribution in [1.29, 1.82) is 0 Å². The van der Waals surface area contributed by atoms with Crippen molar-refractivity contribution in [3.8, 4) is 11.1 Å². The summed E-state index contributed by atoms with van der Waals surface area (Å²) >= 11 is 0. The lowest BCUT2D eigenvalue weighted by molar-refractivity contribution is -0.115. The van der Waals surface area contributed by atoms with E-state index in [4.69, 9.17) is 0 Å². The molecule has 3 aromatic rings. The predicted molar refractivity (Wildman–Crippen MR) is 108 cm³/mol. The summed E-state index contributed by atoms with van der Waals surface area (Å²) in [7, 11) is -3.47. The molecule has 138 valence electrons. The van der Waals surface area contributed by atoms with E-state index in [2.05, 4.69) is 5.32 Å². The first-order valence-corrected chi connectivity index (χ1v) is 10.3. The van der Waals surface area contributed by atoms with Crippen LogP contribution >= 0.6 is 0 Å². The maximum Gasteiger partial charge on any atom is 0.225 e. The molecular formula is C22H21NO3S. The van der Waals surface area contributed by atoms with Gasteiger partial charge in [0.15, 0.2) is 9.84 Å². The number of aryl methyl sites for hydroxylation is 1. The minimum absolute atomic E-state index is 0.0867. The molecule has 0 radical (unpaired) electrons. The number of sulfone groups is 1. The monoisotopic (exact) mass is 379 g/mol. The van der Waals surface area contributed by atoms with E-state index in [9.17, 15) is 13.2 Å². The largest absolute Gasteiger partial charge is 0.326 e. The number of nitrogens with one attached hydrogen (secondary N) is 1. The zero-order valence-electron chi connectivity index (χ0n) is 15.1. The maximum absolute atomic E-state index is 12.3. The molecule has 0 atom stereocenters. The Morgan fingerprint density at radius 2 is 1.41 bits per heavy atom. The second kappa shape index (κ2) is 8.18. The van der Waals surface area contributed by atoms with Gasteiger partial charge in [0.05, 0.1) is 10.6 Å². The summed E-state index contributed by atoms with van der Waals surface area (Å²) in [6.45, 7) is 1.90. The molecule has 0 aliphatic rings. The highest BCUT2D eigenvalue weighted by Crippen LogP contribution is 2.21. The Morgan fingerprint density at radius 1 is 0.815 bits per heavy atom. The first-order valence-electron chi connectivity index (χ1n) is 8.69. The Kier molecular flexibility index (Phi) is 5.72. The van der Waals surface area contributed by atoms with Crippen LogP contribution < -0.4 is 5.32 Å². The van der Waals surface area contributed by atoms with Crippen LogP contribution in [-0.4, -0.2) is 20.1 Å². The lowest BCUT2D eigenvalue weighted by atomic mass is 10.1. The Labute approximate surface area is 159 Å². The van der Waals surface area contributed by atoms with E-state index in [-0.39, 0.29) is 23.0 Å². The summed E-state index contributed by atoms with van der Waals surface area (Å²) in [5.74, 6) is -0.539. The molecule has 0 aromatic heterocycles. The van der Waals surface area contributed by atoms with Crippen LogP contribution in [0, 0.1) is 6.92 Å². The van der Waals surface area contributed by atoms with E-state index in [1.165, 1.54) is 0 Å².